The molecule has 3 fully saturated rings. The van der Waals surface area contributed by atoms with Gasteiger partial charge < -0.3 is 28.9 Å². The van der Waals surface area contributed by atoms with Crippen molar-refractivity contribution in [3.63, 3.8) is 0 Å². The molecule has 3 saturated heterocycles. The zero-order chi connectivity index (χ0) is 24.1. The highest BCUT2D eigenvalue weighted by Gasteiger charge is 2.39. The number of piperidine rings is 1. The zero-order valence-corrected chi connectivity index (χ0v) is 20.2. The standard InChI is InChI=1S/C25H35N3O6/c1-32-21-6-5-18(14-22(21)33-2)7-9-27-17-20(15-23(27)29)25(31)28-8-3-4-19(16-28)24(30)26-10-12-34-13-11-26/h5-6,14,19-20H,3-4,7-13,15-17H2,1-2H3. The summed E-state index contributed by atoms with van der Waals surface area (Å²) in [6.07, 6.45) is 2.54. The van der Waals surface area contributed by atoms with Gasteiger partial charge in [0, 0.05) is 45.7 Å². The van der Waals surface area contributed by atoms with E-state index in [4.69, 9.17) is 14.2 Å². The van der Waals surface area contributed by atoms with E-state index in [9.17, 15) is 14.4 Å². The molecule has 186 valence electrons. The average Bonchev–Trinajstić information content (AvgIpc) is 3.27. The Morgan fingerprint density at radius 3 is 2.44 bits per heavy atom. The Labute approximate surface area is 200 Å². The molecule has 0 radical (unpaired) electrons. The third-order valence-corrected chi connectivity index (χ3v) is 7.09. The first kappa shape index (κ1) is 24.3. The van der Waals surface area contributed by atoms with E-state index < -0.39 is 0 Å². The van der Waals surface area contributed by atoms with Gasteiger partial charge in [0.25, 0.3) is 0 Å². The van der Waals surface area contributed by atoms with Crippen molar-refractivity contribution in [2.45, 2.75) is 25.7 Å². The van der Waals surface area contributed by atoms with E-state index in [1.807, 2.05) is 28.0 Å². The lowest BCUT2D eigenvalue weighted by molar-refractivity contribution is -0.145. The summed E-state index contributed by atoms with van der Waals surface area (Å²) in [4.78, 5) is 44.2. The van der Waals surface area contributed by atoms with E-state index in [-0.39, 0.29) is 36.0 Å². The second-order valence-electron chi connectivity index (χ2n) is 9.24. The Hall–Kier alpha value is -2.81. The van der Waals surface area contributed by atoms with Crippen LogP contribution in [0.3, 0.4) is 0 Å². The summed E-state index contributed by atoms with van der Waals surface area (Å²) < 4.78 is 16.0. The molecule has 0 saturated carbocycles. The number of morpholine rings is 1. The summed E-state index contributed by atoms with van der Waals surface area (Å²) in [5.74, 6) is 0.968. The van der Waals surface area contributed by atoms with Crippen LogP contribution in [-0.4, -0.2) is 99.1 Å². The molecule has 0 aliphatic carbocycles. The van der Waals surface area contributed by atoms with Gasteiger partial charge in [-0.1, -0.05) is 6.07 Å². The highest BCUT2D eigenvalue weighted by atomic mass is 16.5. The van der Waals surface area contributed by atoms with E-state index in [1.54, 1.807) is 19.1 Å². The van der Waals surface area contributed by atoms with Crippen LogP contribution in [0.2, 0.25) is 0 Å². The molecule has 2 unspecified atom stereocenters. The fraction of sp³-hybridized carbons (Fsp3) is 0.640. The van der Waals surface area contributed by atoms with Crippen molar-refractivity contribution in [1.29, 1.82) is 0 Å². The fourth-order valence-electron chi connectivity index (χ4n) is 5.13. The molecule has 9 heteroatoms. The van der Waals surface area contributed by atoms with E-state index in [0.717, 1.165) is 18.4 Å². The number of benzene rings is 1. The number of hydrogen-bond acceptors (Lipinski definition) is 6. The maximum absolute atomic E-state index is 13.2. The third-order valence-electron chi connectivity index (χ3n) is 7.09. The minimum atomic E-state index is -0.338. The second kappa shape index (κ2) is 11.1. The highest BCUT2D eigenvalue weighted by Crippen LogP contribution is 2.29. The van der Waals surface area contributed by atoms with Crippen LogP contribution in [0.4, 0.5) is 0 Å². The van der Waals surface area contributed by atoms with Gasteiger partial charge >= 0.3 is 0 Å². The van der Waals surface area contributed by atoms with Gasteiger partial charge in [-0.2, -0.15) is 0 Å². The van der Waals surface area contributed by atoms with Gasteiger partial charge in [0.1, 0.15) is 0 Å². The van der Waals surface area contributed by atoms with Crippen molar-refractivity contribution in [3.8, 4) is 11.5 Å². The summed E-state index contributed by atoms with van der Waals surface area (Å²) in [5, 5.41) is 0. The van der Waals surface area contributed by atoms with Gasteiger partial charge in [-0.3, -0.25) is 14.4 Å². The number of carbonyl (C=O) groups is 3. The summed E-state index contributed by atoms with van der Waals surface area (Å²) in [6, 6.07) is 5.74. The Kier molecular flexibility index (Phi) is 7.92. The van der Waals surface area contributed by atoms with E-state index >= 15 is 0 Å². The topological polar surface area (TPSA) is 88.6 Å². The highest BCUT2D eigenvalue weighted by molar-refractivity contribution is 5.90. The molecule has 3 amide bonds. The number of hydrogen-bond donors (Lipinski definition) is 0. The van der Waals surface area contributed by atoms with Crippen LogP contribution in [0.5, 0.6) is 11.5 Å². The molecule has 0 N–H and O–H groups in total. The SMILES string of the molecule is COc1ccc(CCN2CC(C(=O)N3CCCC(C(=O)N4CCOCC4)C3)CC2=O)cc1OC. The maximum atomic E-state index is 13.2. The van der Waals surface area contributed by atoms with Crippen LogP contribution in [0.15, 0.2) is 18.2 Å². The van der Waals surface area contributed by atoms with Crippen molar-refractivity contribution in [1.82, 2.24) is 14.7 Å². The Bertz CT molecular complexity index is 901. The Balaban J connectivity index is 1.30. The lowest BCUT2D eigenvalue weighted by Crippen LogP contribution is -2.50. The molecular formula is C25H35N3O6. The van der Waals surface area contributed by atoms with Crippen LogP contribution in [-0.2, 0) is 25.5 Å². The Morgan fingerprint density at radius 1 is 0.971 bits per heavy atom. The number of likely N-dealkylation sites (tertiary alicyclic amines) is 2. The van der Waals surface area contributed by atoms with Crippen molar-refractivity contribution < 1.29 is 28.6 Å². The third kappa shape index (κ3) is 5.46. The smallest absolute Gasteiger partial charge is 0.228 e. The van der Waals surface area contributed by atoms with Gasteiger partial charge in [0.05, 0.1) is 39.3 Å². The van der Waals surface area contributed by atoms with Crippen LogP contribution < -0.4 is 9.47 Å². The molecule has 9 nitrogen and oxygen atoms in total. The largest absolute Gasteiger partial charge is 0.493 e. The van der Waals surface area contributed by atoms with Crippen LogP contribution in [0.1, 0.15) is 24.8 Å². The number of carbonyl (C=O) groups excluding carboxylic acids is 3. The van der Waals surface area contributed by atoms with Gasteiger partial charge in [-0.25, -0.2) is 0 Å². The predicted octanol–water partition coefficient (Wildman–Crippen LogP) is 1.19. The average molecular weight is 474 g/mol. The lowest BCUT2D eigenvalue weighted by Gasteiger charge is -2.37. The van der Waals surface area contributed by atoms with Crippen LogP contribution in [0, 0.1) is 11.8 Å². The number of methoxy groups -OCH3 is 2. The molecule has 34 heavy (non-hydrogen) atoms. The molecule has 1 aromatic rings. The minimum absolute atomic E-state index is 0.00134. The predicted molar refractivity (Wildman–Crippen MR) is 125 cm³/mol. The van der Waals surface area contributed by atoms with Gasteiger partial charge in [-0.15, -0.1) is 0 Å². The first-order chi connectivity index (χ1) is 16.5. The second-order valence-corrected chi connectivity index (χ2v) is 9.24. The lowest BCUT2D eigenvalue weighted by atomic mass is 9.94. The maximum Gasteiger partial charge on any atom is 0.228 e. The molecule has 1 aromatic carbocycles. The van der Waals surface area contributed by atoms with Crippen molar-refractivity contribution in [2.24, 2.45) is 11.8 Å². The first-order valence-electron chi connectivity index (χ1n) is 12.1. The van der Waals surface area contributed by atoms with Gasteiger partial charge in [-0.05, 0) is 37.0 Å². The monoisotopic (exact) mass is 473 g/mol. The number of rotatable bonds is 7. The van der Waals surface area contributed by atoms with E-state index in [1.165, 1.54) is 0 Å². The zero-order valence-electron chi connectivity index (χ0n) is 20.2. The van der Waals surface area contributed by atoms with Gasteiger partial charge in [0.15, 0.2) is 11.5 Å². The van der Waals surface area contributed by atoms with Crippen molar-refractivity contribution in [3.05, 3.63) is 23.8 Å². The number of nitrogens with zero attached hydrogens (tertiary/aromatic N) is 3. The quantitative estimate of drug-likeness (QED) is 0.591. The Morgan fingerprint density at radius 2 is 1.71 bits per heavy atom. The fourth-order valence-corrected chi connectivity index (χ4v) is 5.13. The molecule has 4 rings (SSSR count). The summed E-state index contributed by atoms with van der Waals surface area (Å²) in [6.45, 7) is 4.48. The number of amides is 3. The molecular weight excluding hydrogens is 438 g/mol. The van der Waals surface area contributed by atoms with Gasteiger partial charge in [0.2, 0.25) is 17.7 Å². The summed E-state index contributed by atoms with van der Waals surface area (Å²) >= 11 is 0. The molecule has 0 bridgehead atoms. The normalized spacial score (nSPS) is 23.2. The molecule has 3 aliphatic rings. The molecule has 0 aromatic heterocycles. The minimum Gasteiger partial charge on any atom is -0.493 e. The van der Waals surface area contributed by atoms with E-state index in [0.29, 0.717) is 70.4 Å². The molecule has 3 heterocycles. The molecule has 0 spiro atoms. The van der Waals surface area contributed by atoms with E-state index in [2.05, 4.69) is 0 Å². The van der Waals surface area contributed by atoms with Crippen LogP contribution >= 0.6 is 0 Å². The molecule has 2 atom stereocenters. The number of ether oxygens (including phenoxy) is 3. The summed E-state index contributed by atoms with van der Waals surface area (Å²) in [7, 11) is 3.20. The first-order valence-corrected chi connectivity index (χ1v) is 12.1. The molecule has 3 aliphatic heterocycles. The van der Waals surface area contributed by atoms with Crippen molar-refractivity contribution >= 4 is 17.7 Å². The van der Waals surface area contributed by atoms with Crippen molar-refractivity contribution in [2.75, 3.05) is 66.7 Å². The summed E-state index contributed by atoms with van der Waals surface area (Å²) in [5.41, 5.74) is 1.04. The van der Waals surface area contributed by atoms with Crippen LogP contribution in [0.25, 0.3) is 0 Å².